The lowest BCUT2D eigenvalue weighted by Gasteiger charge is -2.25. The number of aliphatic hydroxyl groups excluding tert-OH is 1. The molecule has 0 bridgehead atoms. The molecule has 1 fully saturated rings. The lowest BCUT2D eigenvalue weighted by molar-refractivity contribution is 0.101. The second kappa shape index (κ2) is 3.41. The van der Waals surface area contributed by atoms with Gasteiger partial charge in [-0.05, 0) is 23.3 Å². The molecule has 72 valence electrons. The van der Waals surface area contributed by atoms with Gasteiger partial charge in [-0.25, -0.2) is 4.68 Å². The summed E-state index contributed by atoms with van der Waals surface area (Å²) < 4.78 is 1.65. The van der Waals surface area contributed by atoms with Crippen LogP contribution in [0.4, 0.5) is 0 Å². The molecule has 1 aliphatic rings. The lowest BCUT2D eigenvalue weighted by atomic mass is 9.86. The van der Waals surface area contributed by atoms with Crippen LogP contribution in [0.5, 0.6) is 0 Å². The number of nitrogens with zero attached hydrogens (tertiary/aromatic N) is 4. The van der Waals surface area contributed by atoms with Gasteiger partial charge in [0.25, 0.3) is 0 Å². The molecule has 2 unspecified atom stereocenters. The Morgan fingerprint density at radius 3 is 2.77 bits per heavy atom. The summed E-state index contributed by atoms with van der Waals surface area (Å²) in [5.41, 5.74) is 0. The van der Waals surface area contributed by atoms with Crippen molar-refractivity contribution >= 4 is 0 Å². The van der Waals surface area contributed by atoms with Crippen LogP contribution in [-0.2, 0) is 7.05 Å². The van der Waals surface area contributed by atoms with Crippen molar-refractivity contribution in [2.75, 3.05) is 0 Å². The number of tetrazole rings is 1. The van der Waals surface area contributed by atoms with Crippen LogP contribution in [0, 0.1) is 0 Å². The number of aryl methyl sites for hydroxylation is 1. The molecule has 0 radical (unpaired) electrons. The van der Waals surface area contributed by atoms with E-state index in [1.54, 1.807) is 4.68 Å². The first kappa shape index (κ1) is 8.62. The predicted octanol–water partition coefficient (Wildman–Crippen LogP) is 0.229. The summed E-state index contributed by atoms with van der Waals surface area (Å²) >= 11 is 0. The molecule has 1 aromatic heterocycles. The maximum atomic E-state index is 9.76. The van der Waals surface area contributed by atoms with Gasteiger partial charge in [-0.15, -0.1) is 5.10 Å². The molecule has 0 aromatic carbocycles. The molecule has 0 amide bonds. The standard InChI is InChI=1S/C8H14N4O/c1-12-8(9-10-11-12)6-4-2-3-5-7(6)13/h6-7,13H,2-5H2,1H3. The van der Waals surface area contributed by atoms with Crippen molar-refractivity contribution in [2.24, 2.45) is 7.05 Å². The number of aromatic nitrogens is 4. The first-order chi connectivity index (χ1) is 6.29. The van der Waals surface area contributed by atoms with Gasteiger partial charge in [0.2, 0.25) is 0 Å². The van der Waals surface area contributed by atoms with Crippen LogP contribution in [0.3, 0.4) is 0 Å². The van der Waals surface area contributed by atoms with E-state index < -0.39 is 0 Å². The average molecular weight is 182 g/mol. The molecule has 1 aromatic rings. The normalized spacial score (nSPS) is 29.1. The fourth-order valence-electron chi connectivity index (χ4n) is 1.96. The van der Waals surface area contributed by atoms with Crippen LogP contribution in [0.15, 0.2) is 0 Å². The maximum Gasteiger partial charge on any atom is 0.156 e. The second-order valence-corrected chi connectivity index (χ2v) is 3.62. The van der Waals surface area contributed by atoms with Gasteiger partial charge in [0.05, 0.1) is 6.10 Å². The van der Waals surface area contributed by atoms with Crippen molar-refractivity contribution in [1.82, 2.24) is 20.2 Å². The zero-order valence-corrected chi connectivity index (χ0v) is 7.72. The number of hydrogen-bond donors (Lipinski definition) is 1. The van der Waals surface area contributed by atoms with E-state index in [1.807, 2.05) is 7.05 Å². The molecule has 5 nitrogen and oxygen atoms in total. The summed E-state index contributed by atoms with van der Waals surface area (Å²) in [6, 6.07) is 0. The van der Waals surface area contributed by atoms with Crippen LogP contribution < -0.4 is 0 Å². The molecule has 1 aliphatic carbocycles. The Morgan fingerprint density at radius 1 is 1.38 bits per heavy atom. The number of aliphatic hydroxyl groups is 1. The van der Waals surface area contributed by atoms with Crippen molar-refractivity contribution in [3.8, 4) is 0 Å². The van der Waals surface area contributed by atoms with Crippen molar-refractivity contribution in [3.63, 3.8) is 0 Å². The van der Waals surface area contributed by atoms with E-state index in [1.165, 1.54) is 0 Å². The van der Waals surface area contributed by atoms with E-state index in [4.69, 9.17) is 0 Å². The number of rotatable bonds is 1. The molecule has 2 atom stereocenters. The minimum Gasteiger partial charge on any atom is -0.392 e. The van der Waals surface area contributed by atoms with E-state index in [2.05, 4.69) is 15.5 Å². The minimum absolute atomic E-state index is 0.133. The summed E-state index contributed by atoms with van der Waals surface area (Å²) in [6.07, 6.45) is 3.88. The van der Waals surface area contributed by atoms with Crippen LogP contribution in [0.1, 0.15) is 37.4 Å². The molecule has 1 N–H and O–H groups in total. The highest BCUT2D eigenvalue weighted by molar-refractivity contribution is 4.98. The maximum absolute atomic E-state index is 9.76. The molecule has 1 saturated carbocycles. The molecule has 5 heteroatoms. The quantitative estimate of drug-likeness (QED) is 0.675. The van der Waals surface area contributed by atoms with Gasteiger partial charge < -0.3 is 5.11 Å². The summed E-state index contributed by atoms with van der Waals surface area (Å²) in [5.74, 6) is 0.945. The van der Waals surface area contributed by atoms with E-state index in [0.717, 1.165) is 31.5 Å². The van der Waals surface area contributed by atoms with E-state index in [0.29, 0.717) is 0 Å². The Balaban J connectivity index is 2.19. The second-order valence-electron chi connectivity index (χ2n) is 3.62. The van der Waals surface area contributed by atoms with E-state index >= 15 is 0 Å². The third kappa shape index (κ3) is 1.56. The van der Waals surface area contributed by atoms with Gasteiger partial charge in [0.1, 0.15) is 0 Å². The molecular weight excluding hydrogens is 168 g/mol. The largest absolute Gasteiger partial charge is 0.392 e. The molecule has 0 aliphatic heterocycles. The Morgan fingerprint density at radius 2 is 2.15 bits per heavy atom. The van der Waals surface area contributed by atoms with Crippen molar-refractivity contribution in [3.05, 3.63) is 5.82 Å². The summed E-state index contributed by atoms with van der Waals surface area (Å²) in [4.78, 5) is 0. The van der Waals surface area contributed by atoms with Crippen molar-refractivity contribution in [1.29, 1.82) is 0 Å². The van der Waals surface area contributed by atoms with E-state index in [-0.39, 0.29) is 12.0 Å². The van der Waals surface area contributed by atoms with Gasteiger partial charge in [0, 0.05) is 13.0 Å². The van der Waals surface area contributed by atoms with Gasteiger partial charge in [0.15, 0.2) is 5.82 Å². The topological polar surface area (TPSA) is 63.8 Å². The van der Waals surface area contributed by atoms with E-state index in [9.17, 15) is 5.11 Å². The predicted molar refractivity (Wildman–Crippen MR) is 46.0 cm³/mol. The Kier molecular flexibility index (Phi) is 2.26. The molecule has 13 heavy (non-hydrogen) atoms. The highest BCUT2D eigenvalue weighted by Crippen LogP contribution is 2.30. The average Bonchev–Trinajstić information content (AvgIpc) is 2.52. The van der Waals surface area contributed by atoms with Gasteiger partial charge in [-0.3, -0.25) is 0 Å². The Bertz CT molecular complexity index is 285. The zero-order valence-electron chi connectivity index (χ0n) is 7.72. The minimum atomic E-state index is -0.265. The van der Waals surface area contributed by atoms with Crippen LogP contribution in [0.2, 0.25) is 0 Å². The molecule has 2 rings (SSSR count). The van der Waals surface area contributed by atoms with Crippen LogP contribution >= 0.6 is 0 Å². The molecule has 0 saturated heterocycles. The summed E-state index contributed by atoms with van der Waals surface area (Å²) in [7, 11) is 1.82. The first-order valence-corrected chi connectivity index (χ1v) is 4.69. The van der Waals surface area contributed by atoms with Crippen LogP contribution in [0.25, 0.3) is 0 Å². The molecule has 1 heterocycles. The monoisotopic (exact) mass is 182 g/mol. The third-order valence-electron chi connectivity index (χ3n) is 2.71. The fourth-order valence-corrected chi connectivity index (χ4v) is 1.96. The molecule has 0 spiro atoms. The van der Waals surface area contributed by atoms with Crippen LogP contribution in [-0.4, -0.2) is 31.4 Å². The van der Waals surface area contributed by atoms with Gasteiger partial charge in [-0.1, -0.05) is 12.8 Å². The third-order valence-corrected chi connectivity index (χ3v) is 2.71. The zero-order chi connectivity index (χ0) is 9.26. The van der Waals surface area contributed by atoms with Crippen molar-refractivity contribution in [2.45, 2.75) is 37.7 Å². The van der Waals surface area contributed by atoms with Crippen molar-refractivity contribution < 1.29 is 5.11 Å². The highest BCUT2D eigenvalue weighted by Gasteiger charge is 2.28. The van der Waals surface area contributed by atoms with Gasteiger partial charge in [-0.2, -0.15) is 0 Å². The van der Waals surface area contributed by atoms with Gasteiger partial charge >= 0.3 is 0 Å². The molecular formula is C8H14N4O. The number of hydrogen-bond acceptors (Lipinski definition) is 4. The summed E-state index contributed by atoms with van der Waals surface area (Å²) in [6.45, 7) is 0. The Labute approximate surface area is 76.8 Å². The lowest BCUT2D eigenvalue weighted by Crippen LogP contribution is -2.25. The SMILES string of the molecule is Cn1nnnc1C1CCCCC1O. The smallest absolute Gasteiger partial charge is 0.156 e. The first-order valence-electron chi connectivity index (χ1n) is 4.69. The Hall–Kier alpha value is -0.970. The summed E-state index contributed by atoms with van der Waals surface area (Å²) in [5, 5.41) is 21.0. The highest BCUT2D eigenvalue weighted by atomic mass is 16.3. The fraction of sp³-hybridized carbons (Fsp3) is 0.875.